The van der Waals surface area contributed by atoms with E-state index in [2.05, 4.69) is 22.2 Å². The van der Waals surface area contributed by atoms with E-state index in [0.29, 0.717) is 17.4 Å². The number of nitro benzene ring substituents is 1. The Balaban J connectivity index is 1.82. The smallest absolute Gasteiger partial charge is 0.269 e. The number of fused-ring (bicyclic) bond motifs is 1. The normalized spacial score (nSPS) is 21.5. The Hall–Kier alpha value is -3.74. The number of non-ortho nitro benzene ring substituents is 1. The lowest BCUT2D eigenvalue weighted by Gasteiger charge is -2.32. The number of hydrogen-bond donors (Lipinski definition) is 2. The van der Waals surface area contributed by atoms with Gasteiger partial charge in [0.25, 0.3) is 11.2 Å². The van der Waals surface area contributed by atoms with Crippen LogP contribution in [0, 0.1) is 33.3 Å². The molecule has 154 valence electrons. The number of nitrogens with zero attached hydrogens (tertiary/aromatic N) is 4. The van der Waals surface area contributed by atoms with Crippen molar-refractivity contribution in [3.8, 4) is 6.07 Å². The Labute approximate surface area is 171 Å². The number of carbonyl (C=O) groups is 1. The van der Waals surface area contributed by atoms with E-state index in [0.717, 1.165) is 25.9 Å². The van der Waals surface area contributed by atoms with Crippen LogP contribution in [0.5, 0.6) is 0 Å². The number of benzene rings is 1. The molecular formula is C20H20N6O4. The second-order valence-corrected chi connectivity index (χ2v) is 7.75. The molecule has 1 aromatic carbocycles. The van der Waals surface area contributed by atoms with Gasteiger partial charge in [0, 0.05) is 31.1 Å². The number of nitrogens with one attached hydrogen (secondary N) is 2. The average molecular weight is 408 g/mol. The van der Waals surface area contributed by atoms with Gasteiger partial charge in [0.1, 0.15) is 11.7 Å². The van der Waals surface area contributed by atoms with Crippen LogP contribution in [0.15, 0.2) is 29.1 Å². The second kappa shape index (κ2) is 7.59. The van der Waals surface area contributed by atoms with Gasteiger partial charge >= 0.3 is 0 Å². The SMILES string of the molecule is CC1CCN(c2nc3c(c(=O)[nH]2)C(c2cccc([N+](=O)[O-])c2)C(C#N)C(=O)N3)CC1. The molecule has 0 bridgehead atoms. The predicted octanol–water partition coefficient (Wildman–Crippen LogP) is 2.14. The summed E-state index contributed by atoms with van der Waals surface area (Å²) in [5, 5.41) is 23.3. The van der Waals surface area contributed by atoms with Gasteiger partial charge in [0.15, 0.2) is 0 Å². The van der Waals surface area contributed by atoms with E-state index in [1.54, 1.807) is 6.07 Å². The molecule has 1 aromatic heterocycles. The van der Waals surface area contributed by atoms with Crippen LogP contribution < -0.4 is 15.8 Å². The quantitative estimate of drug-likeness (QED) is 0.584. The van der Waals surface area contributed by atoms with Crippen molar-refractivity contribution in [3.63, 3.8) is 0 Å². The van der Waals surface area contributed by atoms with Crippen LogP contribution in [0.2, 0.25) is 0 Å². The highest BCUT2D eigenvalue weighted by Gasteiger charge is 2.41. The number of hydrogen-bond acceptors (Lipinski definition) is 7. The largest absolute Gasteiger partial charge is 0.342 e. The number of H-pyrrole nitrogens is 1. The van der Waals surface area contributed by atoms with Crippen LogP contribution in [0.1, 0.15) is 36.8 Å². The number of rotatable bonds is 3. The molecule has 2 atom stereocenters. The molecule has 10 heteroatoms. The minimum atomic E-state index is -1.20. The van der Waals surface area contributed by atoms with Crippen LogP contribution in [0.3, 0.4) is 0 Å². The van der Waals surface area contributed by atoms with Gasteiger partial charge in [-0.25, -0.2) is 0 Å². The molecule has 3 heterocycles. The lowest BCUT2D eigenvalue weighted by atomic mass is 9.79. The maximum Gasteiger partial charge on any atom is 0.269 e. The summed E-state index contributed by atoms with van der Waals surface area (Å²) in [6.07, 6.45) is 1.94. The summed E-state index contributed by atoms with van der Waals surface area (Å²) < 4.78 is 0. The summed E-state index contributed by atoms with van der Waals surface area (Å²) in [5.41, 5.74) is -0.167. The van der Waals surface area contributed by atoms with Crippen LogP contribution in [-0.2, 0) is 4.79 Å². The summed E-state index contributed by atoms with van der Waals surface area (Å²) >= 11 is 0. The third kappa shape index (κ3) is 3.39. The molecule has 0 spiro atoms. The number of aromatic amines is 1. The first-order valence-electron chi connectivity index (χ1n) is 9.73. The molecule has 4 rings (SSSR count). The van der Waals surface area contributed by atoms with E-state index >= 15 is 0 Å². The number of carbonyl (C=O) groups excluding carboxylic acids is 1. The zero-order valence-electron chi connectivity index (χ0n) is 16.3. The molecule has 10 nitrogen and oxygen atoms in total. The van der Waals surface area contributed by atoms with Crippen molar-refractivity contribution in [2.24, 2.45) is 11.8 Å². The third-order valence-electron chi connectivity index (χ3n) is 5.77. The zero-order valence-corrected chi connectivity index (χ0v) is 16.3. The Bertz CT molecular complexity index is 1110. The minimum Gasteiger partial charge on any atom is -0.342 e. The van der Waals surface area contributed by atoms with Crippen LogP contribution >= 0.6 is 0 Å². The van der Waals surface area contributed by atoms with Gasteiger partial charge in [-0.15, -0.1) is 0 Å². The lowest BCUT2D eigenvalue weighted by molar-refractivity contribution is -0.384. The Morgan fingerprint density at radius 2 is 2.03 bits per heavy atom. The maximum absolute atomic E-state index is 13.0. The highest BCUT2D eigenvalue weighted by atomic mass is 16.6. The summed E-state index contributed by atoms with van der Waals surface area (Å²) in [6, 6.07) is 7.58. The van der Waals surface area contributed by atoms with Crippen molar-refractivity contribution in [1.29, 1.82) is 5.26 Å². The summed E-state index contributed by atoms with van der Waals surface area (Å²) in [6.45, 7) is 3.66. The zero-order chi connectivity index (χ0) is 21.4. The van der Waals surface area contributed by atoms with Crippen LogP contribution in [0.4, 0.5) is 17.5 Å². The fourth-order valence-electron chi connectivity index (χ4n) is 4.06. The fraction of sp³-hybridized carbons (Fsp3) is 0.400. The average Bonchev–Trinajstić information content (AvgIpc) is 2.73. The number of piperidine rings is 1. The topological polar surface area (TPSA) is 145 Å². The number of nitro groups is 1. The molecule has 2 aliphatic heterocycles. The molecule has 30 heavy (non-hydrogen) atoms. The molecule has 0 radical (unpaired) electrons. The van der Waals surface area contributed by atoms with E-state index in [4.69, 9.17) is 0 Å². The number of amides is 1. The van der Waals surface area contributed by atoms with Crippen molar-refractivity contribution in [3.05, 3.63) is 55.9 Å². The highest BCUT2D eigenvalue weighted by molar-refractivity contribution is 5.98. The molecule has 0 saturated carbocycles. The van der Waals surface area contributed by atoms with E-state index in [1.165, 1.54) is 18.2 Å². The van der Waals surface area contributed by atoms with Gasteiger partial charge in [-0.1, -0.05) is 19.1 Å². The van der Waals surface area contributed by atoms with E-state index in [1.807, 2.05) is 11.0 Å². The summed E-state index contributed by atoms with van der Waals surface area (Å²) in [5.74, 6) is -1.67. The summed E-state index contributed by atoms with van der Waals surface area (Å²) in [7, 11) is 0. The van der Waals surface area contributed by atoms with Gasteiger partial charge in [-0.3, -0.25) is 24.7 Å². The van der Waals surface area contributed by atoms with Crippen molar-refractivity contribution < 1.29 is 9.72 Å². The molecule has 2 aromatic rings. The maximum atomic E-state index is 13.0. The number of aromatic nitrogens is 2. The minimum absolute atomic E-state index is 0.0976. The third-order valence-corrected chi connectivity index (χ3v) is 5.77. The Morgan fingerprint density at radius 1 is 1.30 bits per heavy atom. The Kier molecular flexibility index (Phi) is 4.95. The van der Waals surface area contributed by atoms with E-state index in [-0.39, 0.29) is 17.1 Å². The molecule has 1 amide bonds. The van der Waals surface area contributed by atoms with Gasteiger partial charge < -0.3 is 10.2 Å². The van der Waals surface area contributed by atoms with E-state index < -0.39 is 28.2 Å². The molecule has 2 N–H and O–H groups in total. The first kappa shape index (κ1) is 19.6. The first-order chi connectivity index (χ1) is 14.4. The molecule has 1 saturated heterocycles. The molecule has 1 fully saturated rings. The fourth-order valence-corrected chi connectivity index (χ4v) is 4.06. The van der Waals surface area contributed by atoms with Gasteiger partial charge in [-0.2, -0.15) is 10.2 Å². The van der Waals surface area contributed by atoms with E-state index in [9.17, 15) is 25.0 Å². The molecule has 2 unspecified atom stereocenters. The lowest BCUT2D eigenvalue weighted by Crippen LogP contribution is -2.40. The monoisotopic (exact) mass is 408 g/mol. The molecular weight excluding hydrogens is 388 g/mol. The summed E-state index contributed by atoms with van der Waals surface area (Å²) in [4.78, 5) is 45.5. The van der Waals surface area contributed by atoms with Gasteiger partial charge in [0.05, 0.1) is 16.6 Å². The van der Waals surface area contributed by atoms with Gasteiger partial charge in [-0.05, 0) is 24.3 Å². The van der Waals surface area contributed by atoms with Crippen LogP contribution in [-0.4, -0.2) is 33.9 Å². The molecule has 0 aliphatic carbocycles. The second-order valence-electron chi connectivity index (χ2n) is 7.75. The number of nitriles is 1. The van der Waals surface area contributed by atoms with Crippen molar-refractivity contribution in [2.45, 2.75) is 25.7 Å². The van der Waals surface area contributed by atoms with Crippen molar-refractivity contribution >= 4 is 23.4 Å². The highest BCUT2D eigenvalue weighted by Crippen LogP contribution is 2.39. The van der Waals surface area contributed by atoms with Crippen molar-refractivity contribution in [2.75, 3.05) is 23.3 Å². The Morgan fingerprint density at radius 3 is 2.70 bits per heavy atom. The predicted molar refractivity (Wildman–Crippen MR) is 108 cm³/mol. The van der Waals surface area contributed by atoms with Crippen molar-refractivity contribution in [1.82, 2.24) is 9.97 Å². The first-order valence-corrected chi connectivity index (χ1v) is 9.73. The number of anilines is 2. The standard InChI is InChI=1S/C20H20N6O4/c1-11-5-7-25(8-6-11)20-23-17-16(19(28)24-20)15(14(10-21)18(27)22-17)12-3-2-4-13(9-12)26(29)30/h2-4,9,11,14-15H,5-8H2,1H3,(H2,22,23,24,27,28). The van der Waals surface area contributed by atoms with Crippen LogP contribution in [0.25, 0.3) is 0 Å². The molecule has 2 aliphatic rings. The van der Waals surface area contributed by atoms with Gasteiger partial charge in [0.2, 0.25) is 11.9 Å².